The summed E-state index contributed by atoms with van der Waals surface area (Å²) in [4.78, 5) is 2.53. The standard InChI is InChI=1S/C60H50N2/c1-57(2)46-20-12-9-16-38(46)40-27-24-35(30-49(40)57)61(36-25-28-41-39-17-10-13-21-47(39)58(3,4)50(41)31-36)37-26-29-42-45-33-53-55(34-52(45)60(7,8)51(42)32-37)62-54-23-14-11-18-43(54)44-19-15-22-48(56(44)62)59(53,5)6/h9-34H,1-8H3. The fraction of sp³-hybridized carbons (Fsp3) is 0.200. The Morgan fingerprint density at radius 3 is 1.32 bits per heavy atom. The molecule has 2 heteroatoms. The molecule has 0 fully saturated rings. The maximum atomic E-state index is 2.56. The zero-order valence-electron chi connectivity index (χ0n) is 36.9. The van der Waals surface area contributed by atoms with E-state index in [2.05, 4.69) is 223 Å². The van der Waals surface area contributed by atoms with Gasteiger partial charge in [0.25, 0.3) is 0 Å². The van der Waals surface area contributed by atoms with Crippen LogP contribution in [-0.2, 0) is 21.7 Å². The van der Waals surface area contributed by atoms with Gasteiger partial charge in [-0.3, -0.25) is 0 Å². The number of para-hydroxylation sites is 2. The van der Waals surface area contributed by atoms with Crippen LogP contribution < -0.4 is 4.90 Å². The van der Waals surface area contributed by atoms with Crippen molar-refractivity contribution in [3.63, 3.8) is 0 Å². The van der Waals surface area contributed by atoms with E-state index in [0.29, 0.717) is 0 Å². The second-order valence-corrected chi connectivity index (χ2v) is 20.6. The molecule has 0 unspecified atom stereocenters. The summed E-state index contributed by atoms with van der Waals surface area (Å²) in [5.41, 5.74) is 26.0. The number of aromatic nitrogens is 1. The van der Waals surface area contributed by atoms with Crippen LogP contribution in [0.1, 0.15) is 99.9 Å². The molecule has 0 saturated heterocycles. The van der Waals surface area contributed by atoms with Crippen LogP contribution >= 0.6 is 0 Å². The predicted molar refractivity (Wildman–Crippen MR) is 260 cm³/mol. The van der Waals surface area contributed by atoms with Crippen molar-refractivity contribution >= 4 is 38.9 Å². The van der Waals surface area contributed by atoms with Gasteiger partial charge in [-0.15, -0.1) is 0 Å². The van der Waals surface area contributed by atoms with Gasteiger partial charge in [-0.25, -0.2) is 0 Å². The van der Waals surface area contributed by atoms with E-state index in [1.54, 1.807) is 0 Å². The smallest absolute Gasteiger partial charge is 0.0582 e. The van der Waals surface area contributed by atoms with Gasteiger partial charge < -0.3 is 9.47 Å². The van der Waals surface area contributed by atoms with Gasteiger partial charge in [-0.05, 0) is 132 Å². The van der Waals surface area contributed by atoms with Crippen LogP contribution in [-0.4, -0.2) is 4.57 Å². The van der Waals surface area contributed by atoms with Crippen molar-refractivity contribution < 1.29 is 0 Å². The highest BCUT2D eigenvalue weighted by Gasteiger charge is 2.43. The first-order valence-electron chi connectivity index (χ1n) is 22.4. The number of nitrogens with zero attached hydrogens (tertiary/aromatic N) is 2. The van der Waals surface area contributed by atoms with Gasteiger partial charge >= 0.3 is 0 Å². The third-order valence-corrected chi connectivity index (χ3v) is 16.0. The van der Waals surface area contributed by atoms with Crippen molar-refractivity contribution in [2.24, 2.45) is 0 Å². The molecule has 0 bridgehead atoms. The number of fused-ring (bicyclic) bond motifs is 14. The van der Waals surface area contributed by atoms with Gasteiger partial charge in [-0.1, -0.05) is 159 Å². The molecule has 1 aliphatic heterocycles. The molecule has 2 nitrogen and oxygen atoms in total. The molecule has 0 spiro atoms. The number of hydrogen-bond acceptors (Lipinski definition) is 1. The minimum Gasteiger partial charge on any atom is -0.310 e. The zero-order valence-corrected chi connectivity index (χ0v) is 36.9. The normalized spacial score (nSPS) is 16.9. The van der Waals surface area contributed by atoms with Crippen LogP contribution in [0.15, 0.2) is 158 Å². The minimum absolute atomic E-state index is 0.111. The second kappa shape index (κ2) is 11.6. The Balaban J connectivity index is 1.01. The highest BCUT2D eigenvalue weighted by molar-refractivity contribution is 6.11. The van der Waals surface area contributed by atoms with Crippen molar-refractivity contribution in [3.8, 4) is 39.1 Å². The number of benzene rings is 8. The third-order valence-electron chi connectivity index (χ3n) is 16.0. The zero-order chi connectivity index (χ0) is 42.2. The van der Waals surface area contributed by atoms with E-state index in [1.807, 2.05) is 0 Å². The van der Waals surface area contributed by atoms with Crippen molar-refractivity contribution in [1.29, 1.82) is 0 Å². The largest absolute Gasteiger partial charge is 0.310 e. The van der Waals surface area contributed by atoms with Crippen LogP contribution in [0.2, 0.25) is 0 Å². The molecular formula is C60H50N2. The maximum Gasteiger partial charge on any atom is 0.0582 e. The summed E-state index contributed by atoms with van der Waals surface area (Å²) >= 11 is 0. The second-order valence-electron chi connectivity index (χ2n) is 20.6. The molecular weight excluding hydrogens is 749 g/mol. The van der Waals surface area contributed by atoms with E-state index in [0.717, 1.165) is 0 Å². The summed E-state index contributed by atoms with van der Waals surface area (Å²) < 4.78 is 2.56. The molecule has 9 aromatic rings. The molecule has 3 aliphatic carbocycles. The molecule has 8 aromatic carbocycles. The SMILES string of the molecule is CC1(C)c2ccccc2-c2ccc(N(c3ccc4c(c3)C(C)(C)c3ccccc3-4)c3ccc4c(c3)C(C)(C)c3cc5c(cc3-4)C(C)(C)c3cccc4c6ccccc6n-5c34)cc21. The van der Waals surface area contributed by atoms with Crippen LogP contribution in [0.4, 0.5) is 17.1 Å². The molecule has 0 amide bonds. The number of anilines is 3. The lowest BCUT2D eigenvalue weighted by molar-refractivity contribution is 0.625. The molecule has 0 N–H and O–H groups in total. The Labute approximate surface area is 365 Å². The summed E-state index contributed by atoms with van der Waals surface area (Å²) in [7, 11) is 0. The molecule has 2 heterocycles. The van der Waals surface area contributed by atoms with E-state index in [4.69, 9.17) is 0 Å². The van der Waals surface area contributed by atoms with Gasteiger partial charge in [0.15, 0.2) is 0 Å². The molecule has 0 radical (unpaired) electrons. The Bertz CT molecular complexity index is 3370. The van der Waals surface area contributed by atoms with Crippen molar-refractivity contribution in [2.45, 2.75) is 77.0 Å². The summed E-state index contributed by atoms with van der Waals surface area (Å²) in [6, 6.07) is 60.6. The summed E-state index contributed by atoms with van der Waals surface area (Å²) in [5.74, 6) is 0. The topological polar surface area (TPSA) is 8.17 Å². The lowest BCUT2D eigenvalue weighted by atomic mass is 9.73. The molecule has 300 valence electrons. The Hall–Kier alpha value is -6.64. The van der Waals surface area contributed by atoms with E-state index in [-0.39, 0.29) is 21.7 Å². The highest BCUT2D eigenvalue weighted by Crippen LogP contribution is 2.57. The third kappa shape index (κ3) is 4.35. The minimum atomic E-state index is -0.228. The predicted octanol–water partition coefficient (Wildman–Crippen LogP) is 15.8. The van der Waals surface area contributed by atoms with Gasteiger partial charge in [0.2, 0.25) is 0 Å². The first-order valence-corrected chi connectivity index (χ1v) is 22.4. The molecule has 0 saturated carbocycles. The molecule has 62 heavy (non-hydrogen) atoms. The average Bonchev–Trinajstić information content (AvgIpc) is 3.89. The Morgan fingerprint density at radius 2 is 0.742 bits per heavy atom. The van der Waals surface area contributed by atoms with Crippen LogP contribution in [0.5, 0.6) is 0 Å². The van der Waals surface area contributed by atoms with Crippen LogP contribution in [0, 0.1) is 0 Å². The molecule has 4 aliphatic rings. The van der Waals surface area contributed by atoms with Crippen molar-refractivity contribution in [2.75, 3.05) is 4.90 Å². The molecule has 0 atom stereocenters. The number of rotatable bonds is 3. The van der Waals surface area contributed by atoms with Gasteiger partial charge in [0, 0.05) is 49.5 Å². The highest BCUT2D eigenvalue weighted by atomic mass is 15.1. The Kier molecular flexibility index (Phi) is 6.76. The summed E-state index contributed by atoms with van der Waals surface area (Å²) in [6.07, 6.45) is 0. The molecule has 13 rings (SSSR count). The Morgan fingerprint density at radius 1 is 0.323 bits per heavy atom. The monoisotopic (exact) mass is 798 g/mol. The maximum absolute atomic E-state index is 2.56. The quantitative estimate of drug-likeness (QED) is 0.173. The van der Waals surface area contributed by atoms with Gasteiger partial charge in [-0.2, -0.15) is 0 Å². The van der Waals surface area contributed by atoms with E-state index in [9.17, 15) is 0 Å². The first kappa shape index (κ1) is 36.1. The van der Waals surface area contributed by atoms with Crippen molar-refractivity contribution in [1.82, 2.24) is 4.57 Å². The first-order chi connectivity index (χ1) is 29.8. The number of hydrogen-bond donors (Lipinski definition) is 0. The fourth-order valence-electron chi connectivity index (χ4n) is 12.6. The lowest BCUT2D eigenvalue weighted by Crippen LogP contribution is -2.27. The summed E-state index contributed by atoms with van der Waals surface area (Å²) in [6.45, 7) is 19.3. The fourth-order valence-corrected chi connectivity index (χ4v) is 12.6. The van der Waals surface area contributed by atoms with Gasteiger partial charge in [0.1, 0.15) is 0 Å². The average molecular weight is 799 g/mol. The van der Waals surface area contributed by atoms with Gasteiger partial charge in [0.05, 0.1) is 16.7 Å². The molecule has 1 aromatic heterocycles. The van der Waals surface area contributed by atoms with Crippen LogP contribution in [0.25, 0.3) is 60.9 Å². The van der Waals surface area contributed by atoms with E-state index >= 15 is 0 Å². The van der Waals surface area contributed by atoms with E-state index in [1.165, 1.54) is 122 Å². The van der Waals surface area contributed by atoms with Crippen molar-refractivity contribution in [3.05, 3.63) is 202 Å². The van der Waals surface area contributed by atoms with Crippen LogP contribution in [0.3, 0.4) is 0 Å². The lowest BCUT2D eigenvalue weighted by Gasteiger charge is -2.36. The van der Waals surface area contributed by atoms with E-state index < -0.39 is 0 Å². The summed E-state index contributed by atoms with van der Waals surface area (Å²) in [5, 5.41) is 2.65.